The molecule has 1 amide bonds. The molecular formula is C27H23N3O3S. The maximum atomic E-state index is 12.7. The first-order valence-corrected chi connectivity index (χ1v) is 11.9. The predicted octanol–water partition coefficient (Wildman–Crippen LogP) is 5.89. The zero-order valence-electron chi connectivity index (χ0n) is 18.9. The molecule has 4 aromatic rings. The molecule has 0 saturated heterocycles. The van der Waals surface area contributed by atoms with Gasteiger partial charge in [0.1, 0.15) is 16.5 Å². The van der Waals surface area contributed by atoms with Crippen LogP contribution in [0.1, 0.15) is 16.7 Å². The van der Waals surface area contributed by atoms with Gasteiger partial charge in [-0.25, -0.2) is 4.98 Å². The minimum atomic E-state index is -0.125. The van der Waals surface area contributed by atoms with Gasteiger partial charge in [0, 0.05) is 23.7 Å². The first-order chi connectivity index (χ1) is 16.6. The van der Waals surface area contributed by atoms with E-state index in [1.807, 2.05) is 60.7 Å². The summed E-state index contributed by atoms with van der Waals surface area (Å²) in [6.45, 7) is 2.06. The summed E-state index contributed by atoms with van der Waals surface area (Å²) in [7, 11) is 1.60. The SMILES string of the molecule is COc1cccc(NC(=O)CSc2nc(-c3ccccc3)nc3c2Cc2cc(C)ccc2O3)c1. The standard InChI is InChI=1S/C27H23N3O3S/c1-17-11-12-23-19(13-17)14-22-26(33-23)29-25(18-7-4-3-5-8-18)30-27(22)34-16-24(31)28-20-9-6-10-21(15-20)32-2/h3-13,15H,14,16H2,1-2H3,(H,28,31). The van der Waals surface area contributed by atoms with Gasteiger partial charge >= 0.3 is 0 Å². The monoisotopic (exact) mass is 469 g/mol. The fraction of sp³-hybridized carbons (Fsp3) is 0.148. The number of ether oxygens (including phenoxy) is 2. The van der Waals surface area contributed by atoms with Gasteiger partial charge in [0.2, 0.25) is 11.8 Å². The topological polar surface area (TPSA) is 73.3 Å². The second-order valence-electron chi connectivity index (χ2n) is 7.96. The summed E-state index contributed by atoms with van der Waals surface area (Å²) in [5.41, 5.74) is 4.74. The van der Waals surface area contributed by atoms with E-state index in [1.54, 1.807) is 13.2 Å². The number of benzene rings is 3. The summed E-state index contributed by atoms with van der Waals surface area (Å²) in [5.74, 6) is 2.69. The van der Waals surface area contributed by atoms with Crippen LogP contribution in [0.15, 0.2) is 77.8 Å². The Morgan fingerprint density at radius 1 is 1.06 bits per heavy atom. The van der Waals surface area contributed by atoms with Crippen LogP contribution in [0.5, 0.6) is 17.4 Å². The van der Waals surface area contributed by atoms with Crippen molar-refractivity contribution in [2.24, 2.45) is 0 Å². The molecule has 0 atom stereocenters. The van der Waals surface area contributed by atoms with Crippen LogP contribution in [-0.2, 0) is 11.2 Å². The summed E-state index contributed by atoms with van der Waals surface area (Å²) in [6.07, 6.45) is 0.654. The lowest BCUT2D eigenvalue weighted by atomic mass is 10.0. The first-order valence-electron chi connectivity index (χ1n) is 10.9. The summed E-state index contributed by atoms with van der Waals surface area (Å²) < 4.78 is 11.4. The average molecular weight is 470 g/mol. The average Bonchev–Trinajstić information content (AvgIpc) is 2.86. The van der Waals surface area contributed by atoms with Crippen LogP contribution in [-0.4, -0.2) is 28.7 Å². The van der Waals surface area contributed by atoms with Gasteiger partial charge in [0.25, 0.3) is 0 Å². The fourth-order valence-corrected chi connectivity index (χ4v) is 4.61. The summed E-state index contributed by atoms with van der Waals surface area (Å²) >= 11 is 1.39. The number of amides is 1. The fourth-order valence-electron chi connectivity index (χ4n) is 3.79. The highest BCUT2D eigenvalue weighted by molar-refractivity contribution is 8.00. The van der Waals surface area contributed by atoms with Gasteiger partial charge < -0.3 is 14.8 Å². The highest BCUT2D eigenvalue weighted by Gasteiger charge is 2.24. The third kappa shape index (κ3) is 4.75. The van der Waals surface area contributed by atoms with Gasteiger partial charge in [-0.1, -0.05) is 65.9 Å². The Hall–Kier alpha value is -3.84. The third-order valence-electron chi connectivity index (χ3n) is 5.45. The van der Waals surface area contributed by atoms with Crippen molar-refractivity contribution in [3.05, 3.63) is 89.5 Å². The lowest BCUT2D eigenvalue weighted by molar-refractivity contribution is -0.113. The number of nitrogens with one attached hydrogen (secondary N) is 1. The molecule has 5 rings (SSSR count). The van der Waals surface area contributed by atoms with Gasteiger partial charge in [-0.2, -0.15) is 4.98 Å². The van der Waals surface area contributed by atoms with Gasteiger partial charge in [-0.3, -0.25) is 4.79 Å². The van der Waals surface area contributed by atoms with Crippen molar-refractivity contribution < 1.29 is 14.3 Å². The molecule has 1 N–H and O–H groups in total. The van der Waals surface area contributed by atoms with Crippen LogP contribution in [0.2, 0.25) is 0 Å². The van der Waals surface area contributed by atoms with E-state index in [2.05, 4.69) is 18.3 Å². The molecule has 170 valence electrons. The Labute approximate surface area is 202 Å². The zero-order chi connectivity index (χ0) is 23.5. The maximum Gasteiger partial charge on any atom is 0.234 e. The number of thioether (sulfide) groups is 1. The minimum Gasteiger partial charge on any atom is -0.497 e. The molecule has 0 fully saturated rings. The molecule has 6 nitrogen and oxygen atoms in total. The molecule has 3 aromatic carbocycles. The lowest BCUT2D eigenvalue weighted by Gasteiger charge is -2.22. The zero-order valence-corrected chi connectivity index (χ0v) is 19.7. The molecule has 0 spiro atoms. The van der Waals surface area contributed by atoms with Gasteiger partial charge in [-0.05, 0) is 30.7 Å². The summed E-state index contributed by atoms with van der Waals surface area (Å²) in [4.78, 5) is 22.3. The number of nitrogens with zero attached hydrogens (tertiary/aromatic N) is 2. The number of methoxy groups -OCH3 is 1. The van der Waals surface area contributed by atoms with Crippen LogP contribution in [0.3, 0.4) is 0 Å². The van der Waals surface area contributed by atoms with Crippen molar-refractivity contribution in [3.63, 3.8) is 0 Å². The molecule has 1 aromatic heterocycles. The van der Waals surface area contributed by atoms with Crippen LogP contribution in [0.25, 0.3) is 11.4 Å². The molecule has 0 aliphatic carbocycles. The molecule has 2 heterocycles. The number of hydrogen-bond donors (Lipinski definition) is 1. The summed E-state index contributed by atoms with van der Waals surface area (Å²) in [5, 5.41) is 3.67. The van der Waals surface area contributed by atoms with Crippen molar-refractivity contribution in [1.29, 1.82) is 0 Å². The van der Waals surface area contributed by atoms with E-state index >= 15 is 0 Å². The van der Waals surface area contributed by atoms with E-state index in [9.17, 15) is 4.79 Å². The quantitative estimate of drug-likeness (QED) is 0.247. The highest BCUT2D eigenvalue weighted by atomic mass is 32.2. The van der Waals surface area contributed by atoms with E-state index in [1.165, 1.54) is 17.3 Å². The van der Waals surface area contributed by atoms with Crippen molar-refractivity contribution in [3.8, 4) is 28.8 Å². The summed E-state index contributed by atoms with van der Waals surface area (Å²) in [6, 6.07) is 23.2. The Bertz CT molecular complexity index is 1360. The van der Waals surface area contributed by atoms with Crippen LogP contribution in [0, 0.1) is 6.92 Å². The molecule has 1 aliphatic heterocycles. The van der Waals surface area contributed by atoms with E-state index in [0.29, 0.717) is 29.6 Å². The number of aryl methyl sites for hydroxylation is 1. The van der Waals surface area contributed by atoms with Gasteiger partial charge in [0.05, 0.1) is 18.4 Å². The predicted molar refractivity (Wildman–Crippen MR) is 134 cm³/mol. The minimum absolute atomic E-state index is 0.125. The third-order valence-corrected chi connectivity index (χ3v) is 6.46. The van der Waals surface area contributed by atoms with Crippen LogP contribution in [0.4, 0.5) is 5.69 Å². The molecule has 0 radical (unpaired) electrons. The van der Waals surface area contributed by atoms with Gasteiger partial charge in [0.15, 0.2) is 5.82 Å². The first kappa shape index (κ1) is 22.0. The van der Waals surface area contributed by atoms with E-state index in [-0.39, 0.29) is 11.7 Å². The van der Waals surface area contributed by atoms with E-state index in [4.69, 9.17) is 19.4 Å². The second kappa shape index (κ2) is 9.57. The number of rotatable bonds is 6. The number of hydrogen-bond acceptors (Lipinski definition) is 6. The Morgan fingerprint density at radius 3 is 2.74 bits per heavy atom. The molecule has 0 bridgehead atoms. The second-order valence-corrected chi connectivity index (χ2v) is 8.92. The number of carbonyl (C=O) groups excluding carboxylic acids is 1. The highest BCUT2D eigenvalue weighted by Crippen LogP contribution is 2.40. The van der Waals surface area contributed by atoms with E-state index in [0.717, 1.165) is 27.5 Å². The maximum absolute atomic E-state index is 12.7. The normalized spacial score (nSPS) is 11.7. The number of carbonyl (C=O) groups is 1. The van der Waals surface area contributed by atoms with Crippen molar-refractivity contribution in [1.82, 2.24) is 9.97 Å². The van der Waals surface area contributed by atoms with Crippen molar-refractivity contribution in [2.75, 3.05) is 18.2 Å². The van der Waals surface area contributed by atoms with E-state index < -0.39 is 0 Å². The Morgan fingerprint density at radius 2 is 1.91 bits per heavy atom. The Balaban J connectivity index is 1.43. The van der Waals surface area contributed by atoms with Crippen molar-refractivity contribution in [2.45, 2.75) is 18.4 Å². The molecule has 7 heteroatoms. The molecule has 0 saturated carbocycles. The molecule has 34 heavy (non-hydrogen) atoms. The number of anilines is 1. The van der Waals surface area contributed by atoms with Gasteiger partial charge in [-0.15, -0.1) is 0 Å². The molecule has 1 aliphatic rings. The van der Waals surface area contributed by atoms with Crippen LogP contribution >= 0.6 is 11.8 Å². The number of aromatic nitrogens is 2. The molecule has 0 unspecified atom stereocenters. The Kier molecular flexibility index (Phi) is 6.18. The van der Waals surface area contributed by atoms with Crippen molar-refractivity contribution >= 4 is 23.4 Å². The smallest absolute Gasteiger partial charge is 0.234 e. The van der Waals surface area contributed by atoms with Crippen LogP contribution < -0.4 is 14.8 Å². The lowest BCUT2D eigenvalue weighted by Crippen LogP contribution is -2.15. The molecular weight excluding hydrogens is 446 g/mol. The number of fused-ring (bicyclic) bond motifs is 2. The largest absolute Gasteiger partial charge is 0.497 e.